The predicted octanol–water partition coefficient (Wildman–Crippen LogP) is 1.98. The molecule has 2 unspecified atom stereocenters. The molecule has 0 aliphatic heterocycles. The van der Waals surface area contributed by atoms with Crippen molar-refractivity contribution >= 4 is 5.91 Å². The number of benzene rings is 1. The Morgan fingerprint density at radius 1 is 1.24 bits per heavy atom. The van der Waals surface area contributed by atoms with Gasteiger partial charge < -0.3 is 19.9 Å². The molecule has 2 N–H and O–H groups in total. The molecule has 2 rings (SSSR count). The molecule has 5 heteroatoms. The minimum absolute atomic E-state index is 0.0457. The number of ether oxygens (including phenoxy) is 2. The molecule has 0 radical (unpaired) electrons. The van der Waals surface area contributed by atoms with Crippen LogP contribution in [0, 0.1) is 5.92 Å². The number of aliphatic hydroxyl groups is 1. The van der Waals surface area contributed by atoms with Crippen LogP contribution >= 0.6 is 0 Å². The van der Waals surface area contributed by atoms with E-state index in [0.29, 0.717) is 17.1 Å². The molecular formula is C16H23NO4. The number of carbonyl (C=O) groups is 1. The van der Waals surface area contributed by atoms with E-state index in [1.54, 1.807) is 32.4 Å². The third kappa shape index (κ3) is 3.67. The molecule has 0 saturated heterocycles. The van der Waals surface area contributed by atoms with Crippen LogP contribution in [-0.4, -0.2) is 37.9 Å². The lowest BCUT2D eigenvalue weighted by molar-refractivity contribution is 0.0872. The zero-order valence-electron chi connectivity index (χ0n) is 12.6. The Hall–Kier alpha value is -1.75. The zero-order chi connectivity index (χ0) is 15.2. The number of aliphatic hydroxyl groups excluding tert-OH is 1. The Morgan fingerprint density at radius 2 is 1.95 bits per heavy atom. The second kappa shape index (κ2) is 7.31. The number of hydrogen-bond acceptors (Lipinski definition) is 4. The van der Waals surface area contributed by atoms with E-state index < -0.39 is 0 Å². The summed E-state index contributed by atoms with van der Waals surface area (Å²) in [7, 11) is 3.11. The van der Waals surface area contributed by atoms with Gasteiger partial charge in [-0.1, -0.05) is 12.8 Å². The van der Waals surface area contributed by atoms with E-state index in [-0.39, 0.29) is 24.5 Å². The lowest BCUT2D eigenvalue weighted by atomic mass is 9.85. The van der Waals surface area contributed by atoms with Gasteiger partial charge in [0.1, 0.15) is 0 Å². The van der Waals surface area contributed by atoms with E-state index in [1.807, 2.05) is 0 Å². The van der Waals surface area contributed by atoms with Crippen molar-refractivity contribution in [3.63, 3.8) is 0 Å². The number of rotatable bonds is 5. The van der Waals surface area contributed by atoms with Crippen LogP contribution < -0.4 is 14.8 Å². The van der Waals surface area contributed by atoms with Gasteiger partial charge in [0.05, 0.1) is 14.2 Å². The van der Waals surface area contributed by atoms with Crippen LogP contribution in [0.4, 0.5) is 0 Å². The van der Waals surface area contributed by atoms with Gasteiger partial charge in [0.15, 0.2) is 11.5 Å². The lowest BCUT2D eigenvalue weighted by Crippen LogP contribution is -2.43. The number of hydrogen-bond donors (Lipinski definition) is 2. The molecule has 1 saturated carbocycles. The summed E-state index contributed by atoms with van der Waals surface area (Å²) in [5, 5.41) is 12.4. The van der Waals surface area contributed by atoms with Gasteiger partial charge in [-0.25, -0.2) is 0 Å². The molecule has 1 aromatic carbocycles. The molecule has 1 aromatic rings. The van der Waals surface area contributed by atoms with Crippen molar-refractivity contribution in [1.29, 1.82) is 0 Å². The highest BCUT2D eigenvalue weighted by Gasteiger charge is 2.26. The van der Waals surface area contributed by atoms with Gasteiger partial charge in [-0.2, -0.15) is 0 Å². The average molecular weight is 293 g/mol. The van der Waals surface area contributed by atoms with E-state index in [1.165, 1.54) is 0 Å². The summed E-state index contributed by atoms with van der Waals surface area (Å²) >= 11 is 0. The molecule has 0 bridgehead atoms. The average Bonchev–Trinajstić information content (AvgIpc) is 2.54. The summed E-state index contributed by atoms with van der Waals surface area (Å²) in [6.07, 6.45) is 4.10. The van der Waals surface area contributed by atoms with E-state index in [0.717, 1.165) is 25.7 Å². The Labute approximate surface area is 125 Å². The molecule has 1 aliphatic carbocycles. The van der Waals surface area contributed by atoms with Crippen molar-refractivity contribution in [2.75, 3.05) is 20.8 Å². The fourth-order valence-electron chi connectivity index (χ4n) is 2.85. The maximum atomic E-state index is 12.4. The summed E-state index contributed by atoms with van der Waals surface area (Å²) in [6, 6.07) is 5.15. The lowest BCUT2D eigenvalue weighted by Gasteiger charge is -2.30. The maximum Gasteiger partial charge on any atom is 0.251 e. The molecule has 1 amide bonds. The van der Waals surface area contributed by atoms with Crippen molar-refractivity contribution in [3.8, 4) is 11.5 Å². The monoisotopic (exact) mass is 293 g/mol. The topological polar surface area (TPSA) is 67.8 Å². The van der Waals surface area contributed by atoms with Gasteiger partial charge in [0.2, 0.25) is 0 Å². The highest BCUT2D eigenvalue weighted by atomic mass is 16.5. The molecule has 1 aliphatic rings. The normalized spacial score (nSPS) is 21.7. The fourth-order valence-corrected chi connectivity index (χ4v) is 2.85. The standard InChI is InChI=1S/C16H23NO4/c1-20-14-8-7-11(9-15(14)21-2)16(19)17-13-6-4-3-5-12(13)10-18/h7-9,12-13,18H,3-6,10H2,1-2H3,(H,17,19). The summed E-state index contributed by atoms with van der Waals surface area (Å²) in [5.41, 5.74) is 0.537. The fraction of sp³-hybridized carbons (Fsp3) is 0.562. The molecule has 0 aromatic heterocycles. The van der Waals surface area contributed by atoms with Gasteiger partial charge >= 0.3 is 0 Å². The van der Waals surface area contributed by atoms with Crippen LogP contribution in [0.25, 0.3) is 0 Å². The molecular weight excluding hydrogens is 270 g/mol. The highest BCUT2D eigenvalue weighted by molar-refractivity contribution is 5.95. The van der Waals surface area contributed by atoms with Crippen LogP contribution in [0.1, 0.15) is 36.0 Å². The Morgan fingerprint density at radius 3 is 2.62 bits per heavy atom. The third-order valence-electron chi connectivity index (χ3n) is 4.11. The first-order valence-corrected chi connectivity index (χ1v) is 7.33. The van der Waals surface area contributed by atoms with Gasteiger partial charge in [-0.05, 0) is 31.0 Å². The van der Waals surface area contributed by atoms with Crippen molar-refractivity contribution < 1.29 is 19.4 Å². The SMILES string of the molecule is COc1ccc(C(=O)NC2CCCCC2CO)cc1OC. The molecule has 1 fully saturated rings. The van der Waals surface area contributed by atoms with Gasteiger partial charge in [-0.15, -0.1) is 0 Å². The summed E-state index contributed by atoms with van der Waals surface area (Å²) in [6.45, 7) is 0.122. The summed E-state index contributed by atoms with van der Waals surface area (Å²) in [5.74, 6) is 1.15. The summed E-state index contributed by atoms with van der Waals surface area (Å²) < 4.78 is 10.4. The molecule has 2 atom stereocenters. The third-order valence-corrected chi connectivity index (χ3v) is 4.11. The van der Waals surface area contributed by atoms with Crippen molar-refractivity contribution in [2.45, 2.75) is 31.7 Å². The first-order valence-electron chi connectivity index (χ1n) is 7.33. The van der Waals surface area contributed by atoms with Crippen molar-refractivity contribution in [2.24, 2.45) is 5.92 Å². The van der Waals surface area contributed by atoms with Gasteiger partial charge in [0.25, 0.3) is 5.91 Å². The Balaban J connectivity index is 2.09. The molecule has 116 valence electrons. The quantitative estimate of drug-likeness (QED) is 0.871. The molecule has 0 heterocycles. The number of methoxy groups -OCH3 is 2. The van der Waals surface area contributed by atoms with Gasteiger partial charge in [0, 0.05) is 24.1 Å². The number of nitrogens with one attached hydrogen (secondary N) is 1. The van der Waals surface area contributed by atoms with Crippen LogP contribution in [-0.2, 0) is 0 Å². The molecule has 21 heavy (non-hydrogen) atoms. The number of carbonyl (C=O) groups excluding carboxylic acids is 1. The van der Waals surface area contributed by atoms with E-state index in [9.17, 15) is 9.90 Å². The van der Waals surface area contributed by atoms with Crippen LogP contribution in [0.5, 0.6) is 11.5 Å². The largest absolute Gasteiger partial charge is 0.493 e. The summed E-state index contributed by atoms with van der Waals surface area (Å²) in [4.78, 5) is 12.4. The maximum absolute atomic E-state index is 12.4. The van der Waals surface area contributed by atoms with E-state index >= 15 is 0 Å². The molecule has 0 spiro atoms. The number of amides is 1. The Bertz CT molecular complexity index is 489. The van der Waals surface area contributed by atoms with E-state index in [2.05, 4.69) is 5.32 Å². The van der Waals surface area contributed by atoms with Crippen molar-refractivity contribution in [3.05, 3.63) is 23.8 Å². The van der Waals surface area contributed by atoms with Gasteiger partial charge in [-0.3, -0.25) is 4.79 Å². The minimum Gasteiger partial charge on any atom is -0.493 e. The molecule has 5 nitrogen and oxygen atoms in total. The smallest absolute Gasteiger partial charge is 0.251 e. The predicted molar refractivity (Wildman–Crippen MR) is 79.8 cm³/mol. The first kappa shape index (κ1) is 15.6. The second-order valence-electron chi connectivity index (χ2n) is 5.38. The minimum atomic E-state index is -0.138. The van der Waals surface area contributed by atoms with Crippen LogP contribution in [0.2, 0.25) is 0 Å². The second-order valence-corrected chi connectivity index (χ2v) is 5.38. The zero-order valence-corrected chi connectivity index (χ0v) is 12.6. The first-order chi connectivity index (χ1) is 10.2. The van der Waals surface area contributed by atoms with Crippen LogP contribution in [0.15, 0.2) is 18.2 Å². The van der Waals surface area contributed by atoms with Crippen molar-refractivity contribution in [1.82, 2.24) is 5.32 Å². The highest BCUT2D eigenvalue weighted by Crippen LogP contribution is 2.28. The van der Waals surface area contributed by atoms with E-state index in [4.69, 9.17) is 9.47 Å². The van der Waals surface area contributed by atoms with Crippen LogP contribution in [0.3, 0.4) is 0 Å². The Kier molecular flexibility index (Phi) is 5.44.